The van der Waals surface area contributed by atoms with Gasteiger partial charge < -0.3 is 15.2 Å². The van der Waals surface area contributed by atoms with Gasteiger partial charge in [-0.3, -0.25) is 0 Å². The molecule has 0 saturated heterocycles. The summed E-state index contributed by atoms with van der Waals surface area (Å²) in [5.41, 5.74) is 0. The van der Waals surface area contributed by atoms with Crippen molar-refractivity contribution in [2.75, 3.05) is 31.5 Å². The van der Waals surface area contributed by atoms with Crippen molar-refractivity contribution in [3.8, 4) is 0 Å². The van der Waals surface area contributed by atoms with Crippen LogP contribution in [0, 0.1) is 0 Å². The molecule has 0 unspecified atom stereocenters. The van der Waals surface area contributed by atoms with Gasteiger partial charge in [-0.15, -0.1) is 0 Å². The number of aromatic amines is 1. The van der Waals surface area contributed by atoms with Crippen LogP contribution in [0.4, 0.5) is 5.95 Å². The van der Waals surface area contributed by atoms with Gasteiger partial charge in [-0.2, -0.15) is 0 Å². The second kappa shape index (κ2) is 6.43. The highest BCUT2D eigenvalue weighted by Gasteiger charge is 1.98. The maximum atomic E-state index is 4.09. The summed E-state index contributed by atoms with van der Waals surface area (Å²) >= 11 is 0. The van der Waals surface area contributed by atoms with Crippen molar-refractivity contribution in [3.05, 3.63) is 12.4 Å². The van der Waals surface area contributed by atoms with Gasteiger partial charge in [-0.05, 0) is 26.1 Å². The number of H-pyrrole nitrogens is 1. The number of anilines is 1. The fourth-order valence-corrected chi connectivity index (χ4v) is 1.41. The summed E-state index contributed by atoms with van der Waals surface area (Å²) in [4.78, 5) is 9.53. The summed E-state index contributed by atoms with van der Waals surface area (Å²) in [7, 11) is 0. The molecule has 0 spiro atoms. The molecule has 80 valence electrons. The lowest BCUT2D eigenvalue weighted by molar-refractivity contribution is 0.303. The molecule has 0 bridgehead atoms. The number of hydrogen-bond acceptors (Lipinski definition) is 3. The van der Waals surface area contributed by atoms with Crippen LogP contribution in [0.25, 0.3) is 0 Å². The van der Waals surface area contributed by atoms with Crippen LogP contribution >= 0.6 is 0 Å². The van der Waals surface area contributed by atoms with E-state index in [1.54, 1.807) is 6.20 Å². The Morgan fingerprint density at radius 1 is 1.43 bits per heavy atom. The van der Waals surface area contributed by atoms with Gasteiger partial charge in [0.2, 0.25) is 0 Å². The highest BCUT2D eigenvalue weighted by molar-refractivity contribution is 5.22. The second-order valence-electron chi connectivity index (χ2n) is 3.24. The predicted molar refractivity (Wildman–Crippen MR) is 59.5 cm³/mol. The van der Waals surface area contributed by atoms with Crippen molar-refractivity contribution in [2.24, 2.45) is 0 Å². The van der Waals surface area contributed by atoms with Crippen LogP contribution < -0.4 is 5.32 Å². The molecular formula is C10H20N4. The standard InChI is InChI=1S/C10H20N4/c1-3-14(4-2)9-5-6-11-10-12-7-8-13-10/h7-8H,3-6,9H2,1-2H3,(H2,11,12,13). The molecule has 0 aliphatic carbocycles. The fourth-order valence-electron chi connectivity index (χ4n) is 1.41. The van der Waals surface area contributed by atoms with Gasteiger partial charge in [0.05, 0.1) is 0 Å². The van der Waals surface area contributed by atoms with Crippen LogP contribution in [0.5, 0.6) is 0 Å². The molecule has 0 saturated carbocycles. The first-order chi connectivity index (χ1) is 6.86. The smallest absolute Gasteiger partial charge is 0.200 e. The van der Waals surface area contributed by atoms with Crippen molar-refractivity contribution in [1.82, 2.24) is 14.9 Å². The lowest BCUT2D eigenvalue weighted by atomic mass is 10.3. The first-order valence-electron chi connectivity index (χ1n) is 5.32. The summed E-state index contributed by atoms with van der Waals surface area (Å²) in [6, 6.07) is 0. The molecule has 0 radical (unpaired) electrons. The Bertz CT molecular complexity index is 216. The lowest BCUT2D eigenvalue weighted by Gasteiger charge is -2.17. The van der Waals surface area contributed by atoms with E-state index < -0.39 is 0 Å². The van der Waals surface area contributed by atoms with E-state index in [4.69, 9.17) is 0 Å². The Morgan fingerprint density at radius 2 is 2.21 bits per heavy atom. The normalized spacial score (nSPS) is 10.8. The third-order valence-corrected chi connectivity index (χ3v) is 2.34. The Kier molecular flexibility index (Phi) is 5.07. The summed E-state index contributed by atoms with van der Waals surface area (Å²) in [6.45, 7) is 8.80. The molecule has 4 nitrogen and oxygen atoms in total. The largest absolute Gasteiger partial charge is 0.356 e. The molecule has 0 aliphatic heterocycles. The molecule has 0 fully saturated rings. The number of nitrogens with zero attached hydrogens (tertiary/aromatic N) is 2. The van der Waals surface area contributed by atoms with Gasteiger partial charge in [0.1, 0.15) is 0 Å². The third-order valence-electron chi connectivity index (χ3n) is 2.34. The van der Waals surface area contributed by atoms with Gasteiger partial charge in [-0.25, -0.2) is 4.98 Å². The molecule has 14 heavy (non-hydrogen) atoms. The average Bonchev–Trinajstić information content (AvgIpc) is 2.71. The monoisotopic (exact) mass is 196 g/mol. The maximum absolute atomic E-state index is 4.09. The van der Waals surface area contributed by atoms with E-state index in [-0.39, 0.29) is 0 Å². The second-order valence-corrected chi connectivity index (χ2v) is 3.24. The Hall–Kier alpha value is -1.03. The minimum absolute atomic E-state index is 0.865. The summed E-state index contributed by atoms with van der Waals surface area (Å²) in [5, 5.41) is 3.23. The van der Waals surface area contributed by atoms with Crippen molar-refractivity contribution in [1.29, 1.82) is 0 Å². The Balaban J connectivity index is 2.04. The molecule has 1 aromatic heterocycles. The molecule has 1 aromatic rings. The number of rotatable bonds is 7. The molecule has 4 heteroatoms. The van der Waals surface area contributed by atoms with Crippen LogP contribution in [0.15, 0.2) is 12.4 Å². The SMILES string of the molecule is CCN(CC)CCCNc1ncc[nH]1. The van der Waals surface area contributed by atoms with Crippen molar-refractivity contribution in [2.45, 2.75) is 20.3 Å². The first kappa shape index (κ1) is 11.0. The lowest BCUT2D eigenvalue weighted by Crippen LogP contribution is -2.25. The van der Waals surface area contributed by atoms with Crippen molar-refractivity contribution < 1.29 is 0 Å². The van der Waals surface area contributed by atoms with Gasteiger partial charge in [-0.1, -0.05) is 13.8 Å². The zero-order chi connectivity index (χ0) is 10.2. The number of aromatic nitrogens is 2. The highest BCUT2D eigenvalue weighted by Crippen LogP contribution is 1.96. The molecule has 2 N–H and O–H groups in total. The molecule has 0 atom stereocenters. The minimum Gasteiger partial charge on any atom is -0.356 e. The first-order valence-corrected chi connectivity index (χ1v) is 5.32. The zero-order valence-electron chi connectivity index (χ0n) is 9.08. The molecule has 0 aromatic carbocycles. The van der Waals surface area contributed by atoms with E-state index in [1.165, 1.54) is 0 Å². The van der Waals surface area contributed by atoms with Crippen molar-refractivity contribution in [3.63, 3.8) is 0 Å². The molecule has 0 amide bonds. The van der Waals surface area contributed by atoms with E-state index in [0.29, 0.717) is 0 Å². The van der Waals surface area contributed by atoms with Crippen LogP contribution in [-0.2, 0) is 0 Å². The van der Waals surface area contributed by atoms with E-state index in [2.05, 4.69) is 34.0 Å². The average molecular weight is 196 g/mol. The van der Waals surface area contributed by atoms with Gasteiger partial charge in [0.25, 0.3) is 0 Å². The van der Waals surface area contributed by atoms with E-state index in [0.717, 1.165) is 38.5 Å². The van der Waals surface area contributed by atoms with Crippen LogP contribution in [0.1, 0.15) is 20.3 Å². The highest BCUT2D eigenvalue weighted by atomic mass is 15.1. The molecule has 0 aliphatic rings. The van der Waals surface area contributed by atoms with E-state index >= 15 is 0 Å². The molecule has 1 heterocycles. The molecule has 1 rings (SSSR count). The van der Waals surface area contributed by atoms with Crippen LogP contribution in [-0.4, -0.2) is 41.0 Å². The summed E-state index contributed by atoms with van der Waals surface area (Å²) in [5.74, 6) is 0.865. The Morgan fingerprint density at radius 3 is 2.79 bits per heavy atom. The van der Waals surface area contributed by atoms with Gasteiger partial charge >= 0.3 is 0 Å². The van der Waals surface area contributed by atoms with Crippen molar-refractivity contribution >= 4 is 5.95 Å². The number of nitrogens with one attached hydrogen (secondary N) is 2. The predicted octanol–water partition coefficient (Wildman–Crippen LogP) is 1.55. The quantitative estimate of drug-likeness (QED) is 0.650. The maximum Gasteiger partial charge on any atom is 0.200 e. The summed E-state index contributed by atoms with van der Waals surface area (Å²) in [6.07, 6.45) is 4.74. The van der Waals surface area contributed by atoms with Crippen LogP contribution in [0.3, 0.4) is 0 Å². The van der Waals surface area contributed by atoms with Gasteiger partial charge in [0.15, 0.2) is 5.95 Å². The minimum atomic E-state index is 0.865. The number of imidazole rings is 1. The zero-order valence-corrected chi connectivity index (χ0v) is 9.08. The van der Waals surface area contributed by atoms with Crippen LogP contribution in [0.2, 0.25) is 0 Å². The summed E-state index contributed by atoms with van der Waals surface area (Å²) < 4.78 is 0. The topological polar surface area (TPSA) is 44.0 Å². The van der Waals surface area contributed by atoms with Gasteiger partial charge in [0, 0.05) is 18.9 Å². The molecular weight excluding hydrogens is 176 g/mol. The Labute approximate surface area is 85.7 Å². The fraction of sp³-hybridized carbons (Fsp3) is 0.700. The van der Waals surface area contributed by atoms with E-state index in [1.807, 2.05) is 6.20 Å². The van der Waals surface area contributed by atoms with E-state index in [9.17, 15) is 0 Å². The number of hydrogen-bond donors (Lipinski definition) is 2. The third kappa shape index (κ3) is 3.79.